The summed E-state index contributed by atoms with van der Waals surface area (Å²) in [6.45, 7) is 17.9. The molecule has 0 aliphatic heterocycles. The molecule has 3 aromatic carbocycles. The molecular formula is C46H63NSi. The number of allylic oxidation sites excluding steroid dienone is 4. The summed E-state index contributed by atoms with van der Waals surface area (Å²) < 4.78 is 3.16. The Kier molecular flexibility index (Phi) is 9.48. The minimum Gasteiger partial charge on any atom is -0.316 e. The quantitative estimate of drug-likeness (QED) is 0.196. The second-order valence-electron chi connectivity index (χ2n) is 17.6. The van der Waals surface area contributed by atoms with Crippen LogP contribution in [-0.4, -0.2) is 24.4 Å². The molecule has 0 radical (unpaired) electrons. The zero-order valence-corrected chi connectivity index (χ0v) is 32.4. The minimum absolute atomic E-state index is 0.130. The molecule has 0 amide bonds. The first kappa shape index (κ1) is 34.0. The fourth-order valence-corrected chi connectivity index (χ4v) is 17.0. The summed E-state index contributed by atoms with van der Waals surface area (Å²) in [7, 11) is -1.77. The molecule has 3 unspecified atom stereocenters. The summed E-state index contributed by atoms with van der Waals surface area (Å²) in [5.74, 6) is 1.38. The lowest BCUT2D eigenvalue weighted by molar-refractivity contribution is 0.140. The van der Waals surface area contributed by atoms with Gasteiger partial charge in [0.2, 0.25) is 0 Å². The minimum atomic E-state index is -1.77. The Balaban J connectivity index is 1.34. The van der Waals surface area contributed by atoms with Gasteiger partial charge in [0, 0.05) is 17.0 Å². The van der Waals surface area contributed by atoms with E-state index in [1.165, 1.54) is 105 Å². The number of hydrogen-bond acceptors (Lipinski definition) is 1. The highest BCUT2D eigenvalue weighted by Gasteiger charge is 2.54. The van der Waals surface area contributed by atoms with E-state index in [4.69, 9.17) is 0 Å². The summed E-state index contributed by atoms with van der Waals surface area (Å²) in [6, 6.07) is 24.2. The highest BCUT2D eigenvalue weighted by atomic mass is 28.3. The number of hydrogen-bond donors (Lipinski definition) is 0. The third kappa shape index (κ3) is 5.81. The Morgan fingerprint density at radius 2 is 1.48 bits per heavy atom. The standard InChI is InChI=1S/C46H63NSi/c1-8-10-28-46(29-11-9-2)42-31-35(38-23-17-19-33-18-15-16-22-37(33)38)24-26-39(42)41-30-34-25-27-44(40(34)32-43(41)46)48(6,7)47(45(3,4)5)36-20-13-12-14-21-36/h15-19,22-24,26,30-32,34,36,40,44H,8-14,20-21,25,27-29H2,1-7H3. The Morgan fingerprint density at radius 1 is 0.771 bits per heavy atom. The second-order valence-corrected chi connectivity index (χ2v) is 22.2. The molecule has 3 atom stereocenters. The molecule has 1 nitrogen and oxygen atoms in total. The summed E-state index contributed by atoms with van der Waals surface area (Å²) in [5, 5.41) is 2.70. The van der Waals surface area contributed by atoms with Gasteiger partial charge in [-0.15, -0.1) is 0 Å². The van der Waals surface area contributed by atoms with Gasteiger partial charge in [0.05, 0.1) is 0 Å². The van der Waals surface area contributed by atoms with E-state index >= 15 is 0 Å². The maximum atomic E-state index is 3.16. The van der Waals surface area contributed by atoms with Crippen molar-refractivity contribution in [2.24, 2.45) is 11.8 Å². The third-order valence-corrected chi connectivity index (χ3v) is 18.1. The topological polar surface area (TPSA) is 3.24 Å². The Hall–Kier alpha value is -2.42. The molecule has 0 aromatic heterocycles. The van der Waals surface area contributed by atoms with Crippen molar-refractivity contribution >= 4 is 24.6 Å². The van der Waals surface area contributed by atoms with Crippen LogP contribution in [0.1, 0.15) is 129 Å². The van der Waals surface area contributed by atoms with Crippen LogP contribution in [0.25, 0.3) is 27.5 Å². The zero-order valence-electron chi connectivity index (χ0n) is 31.4. The van der Waals surface area contributed by atoms with Crippen LogP contribution in [0.2, 0.25) is 18.6 Å². The molecule has 256 valence electrons. The molecule has 0 saturated heterocycles. The molecule has 4 aliphatic carbocycles. The number of nitrogens with zero attached hydrogens (tertiary/aromatic N) is 1. The van der Waals surface area contributed by atoms with Gasteiger partial charge in [0.25, 0.3) is 0 Å². The lowest BCUT2D eigenvalue weighted by Gasteiger charge is -2.55. The van der Waals surface area contributed by atoms with E-state index in [0.717, 1.165) is 11.6 Å². The first-order valence-electron chi connectivity index (χ1n) is 20.0. The molecule has 0 heterocycles. The predicted octanol–water partition coefficient (Wildman–Crippen LogP) is 13.5. The van der Waals surface area contributed by atoms with Crippen molar-refractivity contribution in [1.29, 1.82) is 0 Å². The van der Waals surface area contributed by atoms with Crippen LogP contribution in [0.4, 0.5) is 0 Å². The van der Waals surface area contributed by atoms with Crippen LogP contribution in [-0.2, 0) is 5.41 Å². The first-order chi connectivity index (χ1) is 23.1. The number of unbranched alkanes of at least 4 members (excludes halogenated alkanes) is 2. The Morgan fingerprint density at radius 3 is 2.19 bits per heavy atom. The normalized spacial score (nSPS) is 24.0. The number of rotatable bonds is 10. The smallest absolute Gasteiger partial charge is 0.126 e. The largest absolute Gasteiger partial charge is 0.316 e. The van der Waals surface area contributed by atoms with Gasteiger partial charge in [0.1, 0.15) is 8.24 Å². The van der Waals surface area contributed by atoms with Crippen molar-refractivity contribution in [1.82, 2.24) is 4.57 Å². The van der Waals surface area contributed by atoms with Gasteiger partial charge in [-0.1, -0.05) is 145 Å². The summed E-state index contributed by atoms with van der Waals surface area (Å²) in [4.78, 5) is 0. The molecule has 4 aliphatic rings. The van der Waals surface area contributed by atoms with Gasteiger partial charge < -0.3 is 4.57 Å². The maximum absolute atomic E-state index is 3.16. The van der Waals surface area contributed by atoms with Crippen LogP contribution in [0, 0.1) is 11.8 Å². The predicted molar refractivity (Wildman–Crippen MR) is 212 cm³/mol. The summed E-state index contributed by atoms with van der Waals surface area (Å²) >= 11 is 0. The van der Waals surface area contributed by atoms with Crippen LogP contribution in [0.15, 0.2) is 78.4 Å². The molecule has 0 N–H and O–H groups in total. The first-order valence-corrected chi connectivity index (χ1v) is 23.0. The van der Waals surface area contributed by atoms with Crippen molar-refractivity contribution < 1.29 is 0 Å². The van der Waals surface area contributed by atoms with E-state index in [9.17, 15) is 0 Å². The lowest BCUT2D eigenvalue weighted by atomic mass is 9.68. The molecule has 2 fully saturated rings. The van der Waals surface area contributed by atoms with Crippen molar-refractivity contribution in [3.63, 3.8) is 0 Å². The van der Waals surface area contributed by atoms with E-state index in [1.54, 1.807) is 22.3 Å². The van der Waals surface area contributed by atoms with Gasteiger partial charge in [-0.2, -0.15) is 0 Å². The Bertz CT molecular complexity index is 1660. The molecule has 3 aromatic rings. The summed E-state index contributed by atoms with van der Waals surface area (Å²) in [6.07, 6.45) is 23.3. The average Bonchev–Trinajstić information content (AvgIpc) is 3.62. The molecule has 7 rings (SSSR count). The van der Waals surface area contributed by atoms with Crippen molar-refractivity contribution in [2.75, 3.05) is 0 Å². The van der Waals surface area contributed by atoms with E-state index in [2.05, 4.69) is 125 Å². The van der Waals surface area contributed by atoms with E-state index in [0.29, 0.717) is 11.8 Å². The maximum Gasteiger partial charge on any atom is 0.126 e. The van der Waals surface area contributed by atoms with Crippen molar-refractivity contribution in [2.45, 2.75) is 154 Å². The highest BCUT2D eigenvalue weighted by Crippen LogP contribution is 2.62. The molecule has 0 bridgehead atoms. The van der Waals surface area contributed by atoms with Gasteiger partial charge >= 0.3 is 0 Å². The SMILES string of the molecule is CCCCC1(CCCC)C2=CC3C(C=C2c2ccc(-c4cccc5ccccc45)cc21)CCC3[Si](C)(C)N(C1CCCCC1)C(C)(C)C. The third-order valence-electron chi connectivity index (χ3n) is 13.3. The van der Waals surface area contributed by atoms with E-state index < -0.39 is 8.24 Å². The number of fused-ring (bicyclic) bond motifs is 5. The Labute approximate surface area is 294 Å². The van der Waals surface area contributed by atoms with Gasteiger partial charge in [-0.3, -0.25) is 0 Å². The van der Waals surface area contributed by atoms with Gasteiger partial charge in [-0.25, -0.2) is 0 Å². The van der Waals surface area contributed by atoms with Crippen molar-refractivity contribution in [3.8, 4) is 11.1 Å². The van der Waals surface area contributed by atoms with E-state index in [1.807, 2.05) is 0 Å². The summed E-state index contributed by atoms with van der Waals surface area (Å²) in [5.41, 5.74) is 10.5. The zero-order chi connectivity index (χ0) is 33.7. The van der Waals surface area contributed by atoms with Crippen molar-refractivity contribution in [3.05, 3.63) is 89.5 Å². The fraction of sp³-hybridized carbons (Fsp3) is 0.565. The molecular weight excluding hydrogens is 595 g/mol. The fourth-order valence-electron chi connectivity index (χ4n) is 11.5. The molecule has 2 heteroatoms. The number of benzene rings is 3. The van der Waals surface area contributed by atoms with Crippen LogP contribution in [0.3, 0.4) is 0 Å². The lowest BCUT2D eigenvalue weighted by Crippen LogP contribution is -2.64. The molecule has 2 saturated carbocycles. The average molecular weight is 658 g/mol. The molecule has 0 spiro atoms. The van der Waals surface area contributed by atoms with Gasteiger partial charge in [0.15, 0.2) is 0 Å². The second kappa shape index (κ2) is 13.4. The van der Waals surface area contributed by atoms with Crippen LogP contribution in [0.5, 0.6) is 0 Å². The van der Waals surface area contributed by atoms with Gasteiger partial charge in [-0.05, 0) is 120 Å². The van der Waals surface area contributed by atoms with Crippen LogP contribution < -0.4 is 0 Å². The van der Waals surface area contributed by atoms with Crippen LogP contribution >= 0.6 is 0 Å². The highest BCUT2D eigenvalue weighted by molar-refractivity contribution is 6.76. The molecule has 48 heavy (non-hydrogen) atoms. The monoisotopic (exact) mass is 657 g/mol. The van der Waals surface area contributed by atoms with E-state index in [-0.39, 0.29) is 11.0 Å².